The third-order valence-corrected chi connectivity index (χ3v) is 0.500. The second-order valence-corrected chi connectivity index (χ2v) is 1.12. The van der Waals surface area contributed by atoms with Crippen molar-refractivity contribution in [2.24, 2.45) is 0 Å². The molecule has 0 rings (SSSR count). The highest BCUT2D eigenvalue weighted by Crippen LogP contribution is 1.11. The molecule has 0 saturated heterocycles. The van der Waals surface area contributed by atoms with E-state index < -0.39 is 0 Å². The van der Waals surface area contributed by atoms with Crippen LogP contribution in [0.3, 0.4) is 0 Å². The van der Waals surface area contributed by atoms with E-state index in [0.29, 0.717) is 0 Å². The van der Waals surface area contributed by atoms with E-state index in [2.05, 4.69) is 16.1 Å². The number of hydrogen-bond donors (Lipinski definition) is 3. The molecule has 0 aromatic carbocycles. The Kier molecular flexibility index (Phi) is 4.18. The maximum absolute atomic E-state index is 2.80. The zero-order chi connectivity index (χ0) is 4.12. The van der Waals surface area contributed by atoms with Gasteiger partial charge < -0.3 is 0 Å². The van der Waals surface area contributed by atoms with Crippen LogP contribution in [-0.2, 0) is 0 Å². The van der Waals surface area contributed by atoms with E-state index in [9.17, 15) is 0 Å². The molecule has 3 N–H and O–H groups in total. The Hall–Kier alpha value is 0.0969. The van der Waals surface area contributed by atoms with Gasteiger partial charge in [0.2, 0.25) is 0 Å². The highest BCUT2D eigenvalue weighted by atomic mass is 28.2. The molecule has 0 aliphatic carbocycles. The normalized spacial score (nSPS) is 9.00. The molecule has 0 aliphatic rings. The van der Waals surface area contributed by atoms with Crippen LogP contribution >= 0.6 is 0 Å². The average Bonchev–Trinajstić information content (AvgIpc) is 1.41. The van der Waals surface area contributed by atoms with E-state index in [4.69, 9.17) is 0 Å². The molecule has 5 heavy (non-hydrogen) atoms. The maximum atomic E-state index is 2.80. The van der Waals surface area contributed by atoms with Crippen LogP contribution in [0.2, 0.25) is 0 Å². The Morgan fingerprint density at radius 2 is 2.20 bits per heavy atom. The zero-order valence-electron chi connectivity index (χ0n) is 3.50. The Morgan fingerprint density at radius 1 is 1.60 bits per heavy atom. The predicted molar refractivity (Wildman–Crippen MR) is 25.3 cm³/mol. The third-order valence-electron chi connectivity index (χ3n) is 0.250. The van der Waals surface area contributed by atoms with Crippen molar-refractivity contribution in [1.29, 1.82) is 0 Å². The van der Waals surface area contributed by atoms with Gasteiger partial charge in [-0.25, -0.2) is 11.0 Å². The van der Waals surface area contributed by atoms with Gasteiger partial charge in [0.05, 0.1) is 10.4 Å². The lowest BCUT2D eigenvalue weighted by Gasteiger charge is -1.93. The quantitative estimate of drug-likeness (QED) is 0.260. The molecule has 3 nitrogen and oxygen atoms in total. The molecular formula is CH9N3Si. The Labute approximate surface area is 34.6 Å². The summed E-state index contributed by atoms with van der Waals surface area (Å²) in [6.45, 7) is 0. The van der Waals surface area contributed by atoms with Crippen molar-refractivity contribution in [3.63, 3.8) is 0 Å². The van der Waals surface area contributed by atoms with Gasteiger partial charge in [-0.2, -0.15) is 0 Å². The van der Waals surface area contributed by atoms with Gasteiger partial charge in [0, 0.05) is 0 Å². The molecule has 0 spiro atoms. The lowest BCUT2D eigenvalue weighted by atomic mass is 11.5. The van der Waals surface area contributed by atoms with Gasteiger partial charge in [-0.3, -0.25) is 5.09 Å². The van der Waals surface area contributed by atoms with Crippen molar-refractivity contribution >= 4 is 10.4 Å². The van der Waals surface area contributed by atoms with Crippen molar-refractivity contribution in [2.75, 3.05) is 7.05 Å². The van der Waals surface area contributed by atoms with Crippen LogP contribution in [0.25, 0.3) is 0 Å². The summed E-state index contributed by atoms with van der Waals surface area (Å²) in [5.41, 5.74) is 5.36. The number of hydrazine groups is 2. The SMILES string of the molecule is CNNN[SiH3]. The summed E-state index contributed by atoms with van der Waals surface area (Å²) >= 11 is 0. The minimum Gasteiger partial charge on any atom is -0.277 e. The van der Waals surface area contributed by atoms with E-state index in [1.165, 1.54) is 0 Å². The van der Waals surface area contributed by atoms with Crippen LogP contribution in [0.15, 0.2) is 0 Å². The van der Waals surface area contributed by atoms with Crippen molar-refractivity contribution < 1.29 is 0 Å². The van der Waals surface area contributed by atoms with Crippen molar-refractivity contribution in [1.82, 2.24) is 16.1 Å². The molecule has 0 amide bonds. The molecule has 0 saturated carbocycles. The molecule has 0 bridgehead atoms. The summed E-state index contributed by atoms with van der Waals surface area (Å²) in [6, 6.07) is 0. The summed E-state index contributed by atoms with van der Waals surface area (Å²) in [7, 11) is 2.79. The average molecular weight is 91.2 g/mol. The van der Waals surface area contributed by atoms with Crippen LogP contribution < -0.4 is 16.1 Å². The summed E-state index contributed by atoms with van der Waals surface area (Å²) in [5.74, 6) is 0. The fraction of sp³-hybridized carbons (Fsp3) is 1.00. The van der Waals surface area contributed by atoms with Crippen molar-refractivity contribution in [2.45, 2.75) is 0 Å². The van der Waals surface area contributed by atoms with Crippen LogP contribution in [0, 0.1) is 0 Å². The van der Waals surface area contributed by atoms with Crippen LogP contribution in [0.4, 0.5) is 0 Å². The van der Waals surface area contributed by atoms with Gasteiger partial charge in [-0.1, -0.05) is 0 Å². The first kappa shape index (κ1) is 5.10. The monoisotopic (exact) mass is 91.1 g/mol. The first-order chi connectivity index (χ1) is 2.41. The summed E-state index contributed by atoms with van der Waals surface area (Å²) in [4.78, 5) is 0. The fourth-order valence-corrected chi connectivity index (χ4v) is 0.375. The molecule has 0 unspecified atom stereocenters. The number of nitrogens with one attached hydrogen (secondary N) is 3. The molecule has 32 valence electrons. The van der Waals surface area contributed by atoms with Gasteiger partial charge in [0.15, 0.2) is 0 Å². The molecule has 0 aliphatic heterocycles. The highest BCUT2D eigenvalue weighted by Gasteiger charge is 1.55. The van der Waals surface area contributed by atoms with Crippen molar-refractivity contribution in [3.05, 3.63) is 0 Å². The zero-order valence-corrected chi connectivity index (χ0v) is 5.50. The Balaban J connectivity index is 2.19. The van der Waals surface area contributed by atoms with Crippen molar-refractivity contribution in [3.8, 4) is 0 Å². The standard InChI is InChI=1S/CH9N3Si/c1-2-3-4-5/h2-4H,1,5H3. The molecule has 4 heteroatoms. The van der Waals surface area contributed by atoms with Gasteiger partial charge in [0.1, 0.15) is 0 Å². The topological polar surface area (TPSA) is 36.1 Å². The molecule has 0 fully saturated rings. The molecule has 0 aromatic rings. The molecular weight excluding hydrogens is 82.1 g/mol. The molecule has 0 heterocycles. The van der Waals surface area contributed by atoms with Gasteiger partial charge >= 0.3 is 0 Å². The van der Waals surface area contributed by atoms with E-state index in [-0.39, 0.29) is 0 Å². The second kappa shape index (κ2) is 4.10. The van der Waals surface area contributed by atoms with Crippen LogP contribution in [0.1, 0.15) is 0 Å². The molecule has 0 aromatic heterocycles. The summed E-state index contributed by atoms with van der Waals surface area (Å²) in [5, 5.41) is 2.80. The van der Waals surface area contributed by atoms with Gasteiger partial charge in [-0.05, 0) is 7.05 Å². The van der Waals surface area contributed by atoms with Crippen LogP contribution in [0.5, 0.6) is 0 Å². The van der Waals surface area contributed by atoms with E-state index in [1.54, 1.807) is 0 Å². The number of rotatable bonds is 2. The smallest absolute Gasteiger partial charge is 0.0959 e. The minimum atomic E-state index is 0.975. The summed E-state index contributed by atoms with van der Waals surface area (Å²) < 4.78 is 0. The van der Waals surface area contributed by atoms with E-state index in [1.807, 2.05) is 7.05 Å². The van der Waals surface area contributed by atoms with Gasteiger partial charge in [-0.15, -0.1) is 0 Å². The maximum Gasteiger partial charge on any atom is 0.0959 e. The largest absolute Gasteiger partial charge is 0.277 e. The first-order valence-corrected chi connectivity index (χ1v) is 2.50. The fourth-order valence-electron chi connectivity index (χ4n) is 0.125. The highest BCUT2D eigenvalue weighted by molar-refractivity contribution is 6.03. The summed E-state index contributed by atoms with van der Waals surface area (Å²) in [6.07, 6.45) is 0. The Bertz CT molecular complexity index is 14.4. The number of hydrogen-bond acceptors (Lipinski definition) is 3. The lowest BCUT2D eigenvalue weighted by Crippen LogP contribution is -2.38. The molecule has 0 radical (unpaired) electrons. The predicted octanol–water partition coefficient (Wildman–Crippen LogP) is -2.50. The molecule has 0 atom stereocenters. The third kappa shape index (κ3) is 4.10. The van der Waals surface area contributed by atoms with E-state index in [0.717, 1.165) is 10.4 Å². The Morgan fingerprint density at radius 3 is 2.20 bits per heavy atom. The first-order valence-electron chi connectivity index (χ1n) is 1.50. The minimum absolute atomic E-state index is 0.975. The van der Waals surface area contributed by atoms with Crippen LogP contribution in [-0.4, -0.2) is 17.5 Å². The second-order valence-electron chi connectivity index (χ2n) is 0.625. The van der Waals surface area contributed by atoms with Gasteiger partial charge in [0.25, 0.3) is 0 Å². The van der Waals surface area contributed by atoms with E-state index >= 15 is 0 Å². The lowest BCUT2D eigenvalue weighted by molar-refractivity contribution is 0.579.